The minimum Gasteiger partial charge on any atom is -0.494 e. The topological polar surface area (TPSA) is 45.1 Å². The number of hydrazone groups is 1. The number of anilines is 1. The molecule has 0 N–H and O–H groups in total. The number of carbonyl (C=O) groups excluding carboxylic acids is 1. The number of benzene rings is 2. The van der Waals surface area contributed by atoms with Crippen LogP contribution >= 0.6 is 0 Å². The summed E-state index contributed by atoms with van der Waals surface area (Å²) in [5, 5.41) is 6.65. The van der Waals surface area contributed by atoms with Gasteiger partial charge in [0.1, 0.15) is 5.75 Å². The van der Waals surface area contributed by atoms with Crippen LogP contribution in [0.25, 0.3) is 0 Å². The van der Waals surface area contributed by atoms with Gasteiger partial charge in [-0.25, -0.2) is 5.01 Å². The highest BCUT2D eigenvalue weighted by Gasteiger charge is 2.43. The number of rotatable bonds is 5. The summed E-state index contributed by atoms with van der Waals surface area (Å²) in [5.74, 6) is 1.27. The number of hydrogen-bond acceptors (Lipinski definition) is 5. The van der Waals surface area contributed by atoms with Crippen molar-refractivity contribution in [1.29, 1.82) is 0 Å². The molecule has 0 amide bonds. The van der Waals surface area contributed by atoms with E-state index in [1.807, 2.05) is 66.5 Å². The van der Waals surface area contributed by atoms with Crippen LogP contribution in [0.4, 0.5) is 5.69 Å². The van der Waals surface area contributed by atoms with Gasteiger partial charge in [-0.2, -0.15) is 0 Å². The van der Waals surface area contributed by atoms with Crippen molar-refractivity contribution < 1.29 is 9.53 Å². The smallest absolute Gasteiger partial charge is 0.196 e. The van der Waals surface area contributed by atoms with Crippen LogP contribution in [-0.2, 0) is 4.79 Å². The zero-order valence-electron chi connectivity index (χ0n) is 16.6. The fraction of sp³-hybridized carbons (Fsp3) is 0.364. The van der Waals surface area contributed by atoms with Crippen LogP contribution in [0, 0.1) is 0 Å². The van der Waals surface area contributed by atoms with E-state index in [9.17, 15) is 4.79 Å². The van der Waals surface area contributed by atoms with Gasteiger partial charge in [-0.1, -0.05) is 30.3 Å². The molecule has 1 aliphatic heterocycles. The van der Waals surface area contributed by atoms with E-state index < -0.39 is 0 Å². The summed E-state index contributed by atoms with van der Waals surface area (Å²) in [5.41, 5.74) is 1.72. The van der Waals surface area contributed by atoms with E-state index >= 15 is 0 Å². The number of ether oxygens (including phenoxy) is 1. The summed E-state index contributed by atoms with van der Waals surface area (Å²) >= 11 is 0. The molecule has 0 bridgehead atoms. The molecule has 0 saturated carbocycles. The van der Waals surface area contributed by atoms with Gasteiger partial charge < -0.3 is 9.64 Å². The molecule has 1 heterocycles. The molecule has 2 aromatic rings. The summed E-state index contributed by atoms with van der Waals surface area (Å²) < 4.78 is 5.58. The van der Waals surface area contributed by atoms with E-state index in [0.29, 0.717) is 12.4 Å². The summed E-state index contributed by atoms with van der Waals surface area (Å²) in [6.07, 6.45) is -0.207. The van der Waals surface area contributed by atoms with Gasteiger partial charge in [-0.3, -0.25) is 4.79 Å². The van der Waals surface area contributed by atoms with Crippen molar-refractivity contribution in [3.63, 3.8) is 0 Å². The van der Waals surface area contributed by atoms with Crippen molar-refractivity contribution >= 4 is 17.3 Å². The monoisotopic (exact) mass is 365 g/mol. The second-order valence-corrected chi connectivity index (χ2v) is 7.58. The predicted octanol–water partition coefficient (Wildman–Crippen LogP) is 4.61. The van der Waals surface area contributed by atoms with Crippen molar-refractivity contribution in [3.8, 4) is 5.75 Å². The zero-order valence-corrected chi connectivity index (χ0v) is 16.6. The maximum atomic E-state index is 12.4. The lowest BCUT2D eigenvalue weighted by Gasteiger charge is -2.40. The maximum Gasteiger partial charge on any atom is 0.196 e. The van der Waals surface area contributed by atoms with Crippen molar-refractivity contribution in [3.05, 3.63) is 60.2 Å². The molecule has 0 fully saturated rings. The lowest BCUT2D eigenvalue weighted by Crippen LogP contribution is -2.49. The first kappa shape index (κ1) is 19.0. The summed E-state index contributed by atoms with van der Waals surface area (Å²) in [6.45, 7) is 10.5. The normalized spacial score (nSPS) is 17.1. The average molecular weight is 365 g/mol. The minimum atomic E-state index is -0.280. The van der Waals surface area contributed by atoms with Gasteiger partial charge >= 0.3 is 0 Å². The van der Waals surface area contributed by atoms with Gasteiger partial charge in [0, 0.05) is 12.5 Å². The van der Waals surface area contributed by atoms with Crippen LogP contribution in [0.1, 0.15) is 46.3 Å². The van der Waals surface area contributed by atoms with Crippen molar-refractivity contribution in [1.82, 2.24) is 4.90 Å². The van der Waals surface area contributed by atoms with Crippen LogP contribution in [0.3, 0.4) is 0 Å². The summed E-state index contributed by atoms with van der Waals surface area (Å²) in [4.78, 5) is 14.5. The Morgan fingerprint density at radius 1 is 1.07 bits per heavy atom. The van der Waals surface area contributed by atoms with Gasteiger partial charge in [0.2, 0.25) is 0 Å². The highest BCUT2D eigenvalue weighted by molar-refractivity contribution is 6.38. The van der Waals surface area contributed by atoms with Gasteiger partial charge in [0.05, 0.1) is 12.3 Å². The predicted molar refractivity (Wildman–Crippen MR) is 109 cm³/mol. The molecule has 0 aromatic heterocycles. The Balaban J connectivity index is 2.10. The molecule has 0 saturated heterocycles. The van der Waals surface area contributed by atoms with E-state index in [4.69, 9.17) is 9.84 Å². The Morgan fingerprint density at radius 2 is 1.70 bits per heavy atom. The Kier molecular flexibility index (Phi) is 5.22. The third kappa shape index (κ3) is 3.82. The molecule has 5 heteroatoms. The Morgan fingerprint density at radius 3 is 2.22 bits per heavy atom. The van der Waals surface area contributed by atoms with E-state index in [-0.39, 0.29) is 17.5 Å². The average Bonchev–Trinajstić information content (AvgIpc) is 3.05. The summed E-state index contributed by atoms with van der Waals surface area (Å²) in [7, 11) is 0. The lowest BCUT2D eigenvalue weighted by molar-refractivity contribution is -0.112. The molecule has 0 unspecified atom stereocenters. The number of ketones is 1. The highest BCUT2D eigenvalue weighted by Crippen LogP contribution is 2.40. The molecule has 0 radical (unpaired) electrons. The molecular formula is C22H27N3O2. The molecule has 27 heavy (non-hydrogen) atoms. The minimum absolute atomic E-state index is 0.0423. The zero-order chi connectivity index (χ0) is 19.6. The van der Waals surface area contributed by atoms with Crippen molar-refractivity contribution in [2.45, 2.75) is 46.3 Å². The Labute approximate surface area is 161 Å². The first-order chi connectivity index (χ1) is 12.8. The van der Waals surface area contributed by atoms with Crippen LogP contribution in [0.5, 0.6) is 5.75 Å². The van der Waals surface area contributed by atoms with Crippen molar-refractivity contribution in [2.75, 3.05) is 11.6 Å². The second kappa shape index (κ2) is 7.43. The Bertz CT molecular complexity index is 823. The van der Waals surface area contributed by atoms with E-state index in [1.54, 1.807) is 6.92 Å². The van der Waals surface area contributed by atoms with Crippen molar-refractivity contribution in [2.24, 2.45) is 5.10 Å². The molecule has 0 spiro atoms. The molecule has 1 atom stereocenters. The largest absolute Gasteiger partial charge is 0.494 e. The van der Waals surface area contributed by atoms with Crippen LogP contribution in [0.2, 0.25) is 0 Å². The molecule has 0 aliphatic carbocycles. The first-order valence-electron chi connectivity index (χ1n) is 9.29. The fourth-order valence-corrected chi connectivity index (χ4v) is 3.33. The number of Topliss-reactive ketones (excluding diaryl/α,β-unsaturated/α-hetero) is 1. The number of para-hydroxylation sites is 1. The highest BCUT2D eigenvalue weighted by atomic mass is 16.5. The molecule has 5 nitrogen and oxygen atoms in total. The van der Waals surface area contributed by atoms with E-state index in [1.165, 1.54) is 0 Å². The third-order valence-electron chi connectivity index (χ3n) is 4.45. The molecule has 1 aliphatic rings. The standard InChI is InChI=1S/C22H27N3O2/c1-6-27-19-14-12-17(13-15-19)21-24(22(3,4)5)20(16(2)26)23-25(21)18-10-8-7-9-11-18/h7-15,21H,6H2,1-5H3/t21-/m1/s1. The number of hydrogen-bond donors (Lipinski definition) is 0. The number of amidine groups is 1. The second-order valence-electron chi connectivity index (χ2n) is 7.58. The molecule has 142 valence electrons. The summed E-state index contributed by atoms with van der Waals surface area (Å²) in [6, 6.07) is 18.0. The van der Waals surface area contributed by atoms with Gasteiger partial charge in [0.15, 0.2) is 17.8 Å². The quantitative estimate of drug-likeness (QED) is 0.776. The molecule has 2 aromatic carbocycles. The number of carbonyl (C=O) groups is 1. The first-order valence-corrected chi connectivity index (χ1v) is 9.29. The van der Waals surface area contributed by atoms with Gasteiger partial charge in [-0.05, 0) is 57.5 Å². The Hall–Kier alpha value is -2.82. The van der Waals surface area contributed by atoms with Crippen LogP contribution in [-0.4, -0.2) is 28.7 Å². The SMILES string of the molecule is CCOc1ccc([C@H]2N(c3ccccc3)N=C(C(C)=O)N2C(C)(C)C)cc1. The van der Waals surface area contributed by atoms with E-state index in [0.717, 1.165) is 17.0 Å². The third-order valence-corrected chi connectivity index (χ3v) is 4.45. The van der Waals surface area contributed by atoms with Gasteiger partial charge in [-0.15, -0.1) is 5.10 Å². The van der Waals surface area contributed by atoms with Crippen LogP contribution in [0.15, 0.2) is 59.7 Å². The molecule has 3 rings (SSSR count). The fourth-order valence-electron chi connectivity index (χ4n) is 3.33. The van der Waals surface area contributed by atoms with Gasteiger partial charge in [0.25, 0.3) is 0 Å². The van der Waals surface area contributed by atoms with Crippen LogP contribution < -0.4 is 9.75 Å². The lowest BCUT2D eigenvalue weighted by atomic mass is 10.0. The molecular weight excluding hydrogens is 338 g/mol. The van der Waals surface area contributed by atoms with E-state index in [2.05, 4.69) is 25.7 Å². The number of nitrogens with zero attached hydrogens (tertiary/aromatic N) is 3. The maximum absolute atomic E-state index is 12.4.